The smallest absolute Gasteiger partial charge is 0.187 e. The second kappa shape index (κ2) is 19.6. The molecule has 5 aliphatic rings. The molecule has 5 rings (SSSR count). The zero-order chi connectivity index (χ0) is 41.3. The summed E-state index contributed by atoms with van der Waals surface area (Å²) in [5, 5.41) is 177. The molecule has 17 N–H and O–H groups in total. The number of aliphatic hydroxyl groups is 17. The second-order valence-corrected chi connectivity index (χ2v) is 13.9. The van der Waals surface area contributed by atoms with E-state index in [1.165, 1.54) is 0 Å². The molecule has 5 aliphatic heterocycles. The van der Waals surface area contributed by atoms with Crippen molar-refractivity contribution in [3.8, 4) is 0 Å². The first kappa shape index (κ1) is 46.0. The Kier molecular flexibility index (Phi) is 16.1. The van der Waals surface area contributed by atoms with Crippen LogP contribution in [0.3, 0.4) is 0 Å². The molecule has 5 saturated heterocycles. The number of rotatable bonds is 13. The van der Waals surface area contributed by atoms with E-state index in [1.807, 2.05) is 0 Å². The van der Waals surface area contributed by atoms with Crippen LogP contribution in [0.15, 0.2) is 0 Å². The Morgan fingerprint density at radius 3 is 0.821 bits per heavy atom. The number of aliphatic hydroxyl groups excluding tert-OH is 17. The van der Waals surface area contributed by atoms with E-state index in [1.54, 1.807) is 0 Å². The maximum atomic E-state index is 11.4. The lowest BCUT2D eigenvalue weighted by molar-refractivity contribution is -0.395. The van der Waals surface area contributed by atoms with Gasteiger partial charge in [0.1, 0.15) is 122 Å². The average Bonchev–Trinajstić information content (AvgIpc) is 3.18. The van der Waals surface area contributed by atoms with Gasteiger partial charge in [-0.1, -0.05) is 0 Å². The third-order valence-corrected chi connectivity index (χ3v) is 10.3. The topological polar surface area (TPSA) is 427 Å². The van der Waals surface area contributed by atoms with Gasteiger partial charge in [-0.2, -0.15) is 0 Å². The summed E-state index contributed by atoms with van der Waals surface area (Å²) in [4.78, 5) is 0. The molecule has 26 nitrogen and oxygen atoms in total. The van der Waals surface area contributed by atoms with E-state index < -0.39 is 187 Å². The van der Waals surface area contributed by atoms with Gasteiger partial charge in [-0.25, -0.2) is 0 Å². The maximum absolute atomic E-state index is 11.4. The van der Waals surface area contributed by atoms with Crippen molar-refractivity contribution in [2.45, 2.75) is 154 Å². The summed E-state index contributed by atoms with van der Waals surface area (Å²) in [5.41, 5.74) is 0. The highest BCUT2D eigenvalue weighted by Crippen LogP contribution is 2.35. The van der Waals surface area contributed by atoms with Gasteiger partial charge in [0.2, 0.25) is 0 Å². The number of ether oxygens (including phenoxy) is 9. The van der Waals surface area contributed by atoms with Crippen molar-refractivity contribution < 1.29 is 129 Å². The minimum atomic E-state index is -2.18. The first-order chi connectivity index (χ1) is 26.5. The molecule has 0 aromatic heterocycles. The van der Waals surface area contributed by atoms with E-state index in [9.17, 15) is 86.8 Å². The molecule has 0 amide bonds. The Morgan fingerprint density at radius 2 is 0.518 bits per heavy atom. The van der Waals surface area contributed by atoms with Crippen LogP contribution in [0, 0.1) is 0 Å². The van der Waals surface area contributed by atoms with Gasteiger partial charge >= 0.3 is 0 Å². The molecule has 56 heavy (non-hydrogen) atoms. The fourth-order valence-electron chi connectivity index (χ4n) is 7.01. The molecule has 0 aromatic rings. The highest BCUT2D eigenvalue weighted by Gasteiger charge is 2.56. The number of hydrogen-bond donors (Lipinski definition) is 17. The molecule has 26 heteroatoms. The van der Waals surface area contributed by atoms with Crippen molar-refractivity contribution in [1.29, 1.82) is 0 Å². The van der Waals surface area contributed by atoms with Gasteiger partial charge in [0.25, 0.3) is 0 Å². The Hall–Kier alpha value is -1.04. The molecule has 10 unspecified atom stereocenters. The Bertz CT molecular complexity index is 1210. The molecule has 5 heterocycles. The van der Waals surface area contributed by atoms with Crippen LogP contribution in [0.5, 0.6) is 0 Å². The van der Waals surface area contributed by atoms with Crippen LogP contribution in [0.2, 0.25) is 0 Å². The van der Waals surface area contributed by atoms with Crippen LogP contribution >= 0.6 is 0 Å². The van der Waals surface area contributed by atoms with E-state index in [4.69, 9.17) is 42.6 Å². The summed E-state index contributed by atoms with van der Waals surface area (Å²) in [6, 6.07) is 0. The quantitative estimate of drug-likeness (QED) is 0.0819. The Balaban J connectivity index is 1.34. The first-order valence-corrected chi connectivity index (χ1v) is 17.6. The van der Waals surface area contributed by atoms with E-state index in [2.05, 4.69) is 0 Å². The van der Waals surface area contributed by atoms with Crippen LogP contribution in [-0.2, 0) is 42.6 Å². The molecular weight excluding hydrogens is 776 g/mol. The predicted molar refractivity (Wildman–Crippen MR) is 167 cm³/mol. The molecule has 0 aromatic carbocycles. The normalized spacial score (nSPS) is 53.2. The number of hydrogen-bond acceptors (Lipinski definition) is 26. The summed E-state index contributed by atoms with van der Waals surface area (Å²) in [6.07, 6.45) is -47.2. The average molecular weight is 829 g/mol. The monoisotopic (exact) mass is 828 g/mol. The fourth-order valence-corrected chi connectivity index (χ4v) is 7.01. The van der Waals surface area contributed by atoms with Crippen molar-refractivity contribution in [2.24, 2.45) is 0 Å². The standard InChI is InChI=1S/C30H52O26/c31-1-6-11(36)16(41)17(42)27(49-6)54-23-13(38)8(3-33)51-29(19(23)44)56-25-15(40)10(5-35)52-30(21(25)46)55-24-14(39)9(4-34)50-28(20(24)45)53-22-12(37)7(2-32)48-26(47)18(22)43/h6-47H,1-5H2/t6?,7?,8?,9?,10?,11-,12-,13-,14-,15-,16+,17?,18?,19?,20?,21?,22+,23+,24+,25+,26-,27+,28+,29+,30+/m1/s1. The molecule has 25 atom stereocenters. The highest BCUT2D eigenvalue weighted by molar-refractivity contribution is 4.99. The van der Waals surface area contributed by atoms with Gasteiger partial charge in [-0.05, 0) is 0 Å². The van der Waals surface area contributed by atoms with Gasteiger partial charge in [0, 0.05) is 0 Å². The largest absolute Gasteiger partial charge is 0.394 e. The van der Waals surface area contributed by atoms with Crippen molar-refractivity contribution in [2.75, 3.05) is 33.0 Å². The van der Waals surface area contributed by atoms with Crippen molar-refractivity contribution in [3.05, 3.63) is 0 Å². The van der Waals surface area contributed by atoms with Crippen molar-refractivity contribution >= 4 is 0 Å². The summed E-state index contributed by atoms with van der Waals surface area (Å²) in [5.74, 6) is 0. The van der Waals surface area contributed by atoms with Crippen LogP contribution in [0.4, 0.5) is 0 Å². The third kappa shape index (κ3) is 9.16. The molecule has 0 bridgehead atoms. The highest BCUT2D eigenvalue weighted by atomic mass is 16.8. The second-order valence-electron chi connectivity index (χ2n) is 13.9. The minimum Gasteiger partial charge on any atom is -0.394 e. The minimum absolute atomic E-state index is 0.837. The lowest BCUT2D eigenvalue weighted by atomic mass is 9.95. The molecular formula is C30H52O26. The Labute approximate surface area is 316 Å². The third-order valence-electron chi connectivity index (χ3n) is 10.3. The molecule has 0 spiro atoms. The van der Waals surface area contributed by atoms with Crippen LogP contribution in [-0.4, -0.2) is 273 Å². The van der Waals surface area contributed by atoms with E-state index in [0.717, 1.165) is 0 Å². The van der Waals surface area contributed by atoms with Gasteiger partial charge < -0.3 is 129 Å². The van der Waals surface area contributed by atoms with E-state index in [-0.39, 0.29) is 0 Å². The Morgan fingerprint density at radius 1 is 0.268 bits per heavy atom. The zero-order valence-corrected chi connectivity index (χ0v) is 29.2. The summed E-state index contributed by atoms with van der Waals surface area (Å²) >= 11 is 0. The van der Waals surface area contributed by atoms with E-state index in [0.29, 0.717) is 0 Å². The van der Waals surface area contributed by atoms with E-state index >= 15 is 0 Å². The van der Waals surface area contributed by atoms with Gasteiger partial charge in [-0.3, -0.25) is 0 Å². The van der Waals surface area contributed by atoms with Crippen LogP contribution in [0.25, 0.3) is 0 Å². The van der Waals surface area contributed by atoms with Crippen molar-refractivity contribution in [1.82, 2.24) is 0 Å². The molecule has 0 saturated carbocycles. The predicted octanol–water partition coefficient (Wildman–Crippen LogP) is -11.9. The lowest BCUT2D eigenvalue weighted by Crippen LogP contribution is -2.68. The van der Waals surface area contributed by atoms with Crippen LogP contribution < -0.4 is 0 Å². The molecule has 328 valence electrons. The zero-order valence-electron chi connectivity index (χ0n) is 29.2. The molecule has 0 radical (unpaired) electrons. The van der Waals surface area contributed by atoms with Crippen LogP contribution in [0.1, 0.15) is 0 Å². The van der Waals surface area contributed by atoms with Crippen molar-refractivity contribution in [3.63, 3.8) is 0 Å². The first-order valence-electron chi connectivity index (χ1n) is 17.6. The lowest BCUT2D eigenvalue weighted by Gasteiger charge is -2.49. The molecule has 5 fully saturated rings. The molecule has 0 aliphatic carbocycles. The summed E-state index contributed by atoms with van der Waals surface area (Å²) in [7, 11) is 0. The fraction of sp³-hybridized carbons (Fsp3) is 1.00. The van der Waals surface area contributed by atoms with Gasteiger partial charge in [0.05, 0.1) is 33.0 Å². The summed E-state index contributed by atoms with van der Waals surface area (Å²) < 4.78 is 48.9. The van der Waals surface area contributed by atoms with Gasteiger partial charge in [0.15, 0.2) is 31.5 Å². The maximum Gasteiger partial charge on any atom is 0.187 e. The van der Waals surface area contributed by atoms with Gasteiger partial charge in [-0.15, -0.1) is 0 Å². The SMILES string of the molecule is OCC1O[C@@H](O[C@@H]2C(O)[C@H](O[C@@H]3C(O)[C@H](O[C@@H]4C(O)[C@H](O[C@@H]5C(O)[C@H](O)OC(CO)[C@H]5O)OC(CO)[C@H]4O)OC(CO)[C@H]3O)OC(CO)[C@H]2O)C(O)[C@@H](O)[C@@H]1O. The summed E-state index contributed by atoms with van der Waals surface area (Å²) in [6.45, 7) is -4.58.